The van der Waals surface area contributed by atoms with Crippen molar-refractivity contribution in [3.8, 4) is 0 Å². The summed E-state index contributed by atoms with van der Waals surface area (Å²) in [5, 5.41) is 0. The zero-order valence-electron chi connectivity index (χ0n) is 14.6. The fraction of sp³-hybridized carbons (Fsp3) is 0.455. The van der Waals surface area contributed by atoms with Crippen LogP contribution in [0.4, 0.5) is 0 Å². The molecule has 0 saturated carbocycles. The second-order valence-corrected chi connectivity index (χ2v) is 7.33. The molecule has 0 fully saturated rings. The second kappa shape index (κ2) is 8.17. The van der Waals surface area contributed by atoms with Crippen LogP contribution < -0.4 is 0 Å². The third-order valence-electron chi connectivity index (χ3n) is 4.04. The van der Waals surface area contributed by atoms with Gasteiger partial charge in [-0.25, -0.2) is 0 Å². The molecule has 0 radical (unpaired) electrons. The van der Waals surface area contributed by atoms with Gasteiger partial charge in [-0.1, -0.05) is 76.2 Å². The molecule has 2 rings (SSSR count). The minimum atomic E-state index is 0.732. The van der Waals surface area contributed by atoms with E-state index in [0.717, 1.165) is 24.7 Å². The fourth-order valence-electron chi connectivity index (χ4n) is 2.92. The first-order valence-corrected chi connectivity index (χ1v) is 8.68. The molecule has 0 heteroatoms. The average Bonchev–Trinajstić information content (AvgIpc) is 2.47. The van der Waals surface area contributed by atoms with E-state index in [1.54, 1.807) is 0 Å². The molecule has 0 unspecified atom stereocenters. The van der Waals surface area contributed by atoms with Crippen LogP contribution in [0.1, 0.15) is 49.9 Å². The van der Waals surface area contributed by atoms with E-state index in [9.17, 15) is 0 Å². The second-order valence-electron chi connectivity index (χ2n) is 7.33. The maximum Gasteiger partial charge on any atom is -0.0238 e. The Bertz CT molecular complexity index is 490. The number of hydrogen-bond acceptors (Lipinski definition) is 0. The van der Waals surface area contributed by atoms with Gasteiger partial charge in [-0.2, -0.15) is 0 Å². The SMILES string of the molecule is CC(C)Cc1ccc(CCc2ccc(CC(C)C)cc2)cc1. The van der Waals surface area contributed by atoms with Gasteiger partial charge in [0.2, 0.25) is 0 Å². The summed E-state index contributed by atoms with van der Waals surface area (Å²) < 4.78 is 0. The van der Waals surface area contributed by atoms with Crippen molar-refractivity contribution in [2.24, 2.45) is 11.8 Å². The first-order chi connectivity index (χ1) is 10.5. The van der Waals surface area contributed by atoms with E-state index in [0.29, 0.717) is 0 Å². The molecule has 0 nitrogen and oxygen atoms in total. The standard InChI is InChI=1S/C22H30/c1-17(2)15-21-11-7-19(8-12-21)5-6-20-9-13-22(14-10-20)16-18(3)4/h7-14,17-18H,5-6,15-16H2,1-4H3. The third-order valence-corrected chi connectivity index (χ3v) is 4.04. The monoisotopic (exact) mass is 294 g/mol. The molecule has 0 aromatic heterocycles. The Kier molecular flexibility index (Phi) is 6.24. The number of aryl methyl sites for hydroxylation is 2. The van der Waals surface area contributed by atoms with Gasteiger partial charge in [-0.15, -0.1) is 0 Å². The first kappa shape index (κ1) is 16.8. The van der Waals surface area contributed by atoms with Gasteiger partial charge in [0.15, 0.2) is 0 Å². The molecule has 0 aliphatic heterocycles. The van der Waals surface area contributed by atoms with Crippen molar-refractivity contribution >= 4 is 0 Å². The topological polar surface area (TPSA) is 0 Å². The van der Waals surface area contributed by atoms with Crippen molar-refractivity contribution in [3.63, 3.8) is 0 Å². The molecule has 0 heterocycles. The van der Waals surface area contributed by atoms with Crippen LogP contribution in [0.3, 0.4) is 0 Å². The van der Waals surface area contributed by atoms with Crippen LogP contribution in [-0.2, 0) is 25.7 Å². The van der Waals surface area contributed by atoms with Gasteiger partial charge in [0, 0.05) is 0 Å². The van der Waals surface area contributed by atoms with Crippen LogP contribution in [-0.4, -0.2) is 0 Å². The Labute approximate surface area is 136 Å². The van der Waals surface area contributed by atoms with Crippen LogP contribution in [0.25, 0.3) is 0 Å². The Morgan fingerprint density at radius 2 is 0.773 bits per heavy atom. The maximum atomic E-state index is 2.30. The van der Waals surface area contributed by atoms with Crippen LogP contribution in [0.5, 0.6) is 0 Å². The lowest BCUT2D eigenvalue weighted by Gasteiger charge is -2.08. The van der Waals surface area contributed by atoms with Crippen LogP contribution >= 0.6 is 0 Å². The summed E-state index contributed by atoms with van der Waals surface area (Å²) in [5.74, 6) is 1.46. The van der Waals surface area contributed by atoms with Gasteiger partial charge < -0.3 is 0 Å². The van der Waals surface area contributed by atoms with Gasteiger partial charge in [0.25, 0.3) is 0 Å². The Morgan fingerprint density at radius 3 is 1.05 bits per heavy atom. The molecule has 0 spiro atoms. The highest BCUT2D eigenvalue weighted by atomic mass is 14.1. The molecule has 118 valence electrons. The van der Waals surface area contributed by atoms with Gasteiger partial charge in [-0.3, -0.25) is 0 Å². The third kappa shape index (κ3) is 5.67. The lowest BCUT2D eigenvalue weighted by molar-refractivity contribution is 0.646. The number of benzene rings is 2. The van der Waals surface area contributed by atoms with Crippen molar-refractivity contribution in [3.05, 3.63) is 70.8 Å². The molecular weight excluding hydrogens is 264 g/mol. The van der Waals surface area contributed by atoms with E-state index in [1.807, 2.05) is 0 Å². The number of rotatable bonds is 7. The molecule has 2 aromatic rings. The zero-order chi connectivity index (χ0) is 15.9. The minimum Gasteiger partial charge on any atom is -0.0625 e. The molecule has 22 heavy (non-hydrogen) atoms. The van der Waals surface area contributed by atoms with Crippen molar-refractivity contribution in [2.75, 3.05) is 0 Å². The largest absolute Gasteiger partial charge is 0.0625 e. The van der Waals surface area contributed by atoms with Gasteiger partial charge >= 0.3 is 0 Å². The van der Waals surface area contributed by atoms with Crippen molar-refractivity contribution in [2.45, 2.75) is 53.4 Å². The molecular formula is C22H30. The minimum absolute atomic E-state index is 0.732. The molecule has 0 amide bonds. The Balaban J connectivity index is 1.87. The predicted molar refractivity (Wildman–Crippen MR) is 97.4 cm³/mol. The highest BCUT2D eigenvalue weighted by Crippen LogP contribution is 2.14. The zero-order valence-corrected chi connectivity index (χ0v) is 14.6. The highest BCUT2D eigenvalue weighted by molar-refractivity contribution is 5.26. The Morgan fingerprint density at radius 1 is 0.500 bits per heavy atom. The lowest BCUT2D eigenvalue weighted by Crippen LogP contribution is -1.97. The van der Waals surface area contributed by atoms with Crippen LogP contribution in [0.2, 0.25) is 0 Å². The maximum absolute atomic E-state index is 2.30. The van der Waals surface area contributed by atoms with Crippen molar-refractivity contribution < 1.29 is 0 Å². The summed E-state index contributed by atoms with van der Waals surface area (Å²) in [5.41, 5.74) is 5.80. The van der Waals surface area contributed by atoms with Gasteiger partial charge in [0.1, 0.15) is 0 Å². The summed E-state index contributed by atoms with van der Waals surface area (Å²) in [4.78, 5) is 0. The van der Waals surface area contributed by atoms with Crippen molar-refractivity contribution in [1.82, 2.24) is 0 Å². The quantitative estimate of drug-likeness (QED) is 0.599. The number of hydrogen-bond donors (Lipinski definition) is 0. The van der Waals surface area contributed by atoms with E-state index in [2.05, 4.69) is 76.2 Å². The first-order valence-electron chi connectivity index (χ1n) is 8.68. The van der Waals surface area contributed by atoms with E-state index in [1.165, 1.54) is 35.1 Å². The molecule has 0 saturated heterocycles. The molecule has 0 bridgehead atoms. The van der Waals surface area contributed by atoms with Gasteiger partial charge in [0.05, 0.1) is 0 Å². The molecule has 0 N–H and O–H groups in total. The Hall–Kier alpha value is -1.56. The summed E-state index contributed by atoms with van der Waals surface area (Å²) in [7, 11) is 0. The van der Waals surface area contributed by atoms with E-state index in [-0.39, 0.29) is 0 Å². The predicted octanol–water partition coefficient (Wildman–Crippen LogP) is 5.87. The summed E-state index contributed by atoms with van der Waals surface area (Å²) in [6.07, 6.45) is 4.62. The van der Waals surface area contributed by atoms with Gasteiger partial charge in [-0.05, 0) is 59.8 Å². The van der Waals surface area contributed by atoms with E-state index < -0.39 is 0 Å². The molecule has 2 aromatic carbocycles. The normalized spacial score (nSPS) is 11.4. The summed E-state index contributed by atoms with van der Waals surface area (Å²) in [6.45, 7) is 9.10. The fourth-order valence-corrected chi connectivity index (χ4v) is 2.92. The van der Waals surface area contributed by atoms with E-state index >= 15 is 0 Å². The van der Waals surface area contributed by atoms with Crippen molar-refractivity contribution in [1.29, 1.82) is 0 Å². The summed E-state index contributed by atoms with van der Waals surface area (Å²) in [6, 6.07) is 18.4. The highest BCUT2D eigenvalue weighted by Gasteiger charge is 2.01. The molecule has 0 atom stereocenters. The van der Waals surface area contributed by atoms with E-state index in [4.69, 9.17) is 0 Å². The molecule has 0 aliphatic carbocycles. The summed E-state index contributed by atoms with van der Waals surface area (Å²) >= 11 is 0. The average molecular weight is 294 g/mol. The molecule has 0 aliphatic rings. The smallest absolute Gasteiger partial charge is 0.0238 e. The lowest BCUT2D eigenvalue weighted by atomic mass is 9.98. The van der Waals surface area contributed by atoms with Crippen LogP contribution in [0, 0.1) is 11.8 Å². The van der Waals surface area contributed by atoms with Crippen LogP contribution in [0.15, 0.2) is 48.5 Å².